The van der Waals surface area contributed by atoms with Crippen molar-refractivity contribution in [1.29, 1.82) is 0 Å². The van der Waals surface area contributed by atoms with Crippen molar-refractivity contribution in [2.24, 2.45) is 23.5 Å². The molecule has 3 nitrogen and oxygen atoms in total. The summed E-state index contributed by atoms with van der Waals surface area (Å²) in [6, 6.07) is 0. The molecular weight excluding hydrogens is 214 g/mol. The number of hydrogen-bond acceptors (Lipinski definition) is 3. The monoisotopic (exact) mass is 237 g/mol. The second-order valence-corrected chi connectivity index (χ2v) is 6.83. The molecule has 0 aromatic heterocycles. The van der Waals surface area contributed by atoms with Crippen LogP contribution in [0.4, 0.5) is 0 Å². The van der Waals surface area contributed by atoms with E-state index in [0.717, 1.165) is 43.8 Å². The Bertz CT molecular complexity index is 297. The third-order valence-electron chi connectivity index (χ3n) is 5.50. The minimum absolute atomic E-state index is 0.00215. The van der Waals surface area contributed by atoms with Crippen molar-refractivity contribution < 1.29 is 9.47 Å². The third-order valence-corrected chi connectivity index (χ3v) is 5.50. The van der Waals surface area contributed by atoms with E-state index < -0.39 is 0 Å². The molecule has 0 spiro atoms. The molecule has 2 N–H and O–H groups in total. The van der Waals surface area contributed by atoms with Gasteiger partial charge in [-0.2, -0.15) is 0 Å². The lowest BCUT2D eigenvalue weighted by Crippen LogP contribution is -2.51. The molecule has 2 heterocycles. The van der Waals surface area contributed by atoms with Crippen LogP contribution in [-0.2, 0) is 9.47 Å². The van der Waals surface area contributed by atoms with E-state index in [4.69, 9.17) is 15.2 Å². The van der Waals surface area contributed by atoms with Crippen LogP contribution in [0.15, 0.2) is 0 Å². The molecule has 17 heavy (non-hydrogen) atoms. The Kier molecular flexibility index (Phi) is 2.34. The Hall–Kier alpha value is -0.120. The lowest BCUT2D eigenvalue weighted by atomic mass is 9.70. The highest BCUT2D eigenvalue weighted by molar-refractivity contribution is 5.06. The molecule has 2 aliphatic carbocycles. The first kappa shape index (κ1) is 10.8. The zero-order valence-corrected chi connectivity index (χ0v) is 10.4. The maximum absolute atomic E-state index is 6.81. The van der Waals surface area contributed by atoms with Crippen LogP contribution in [0, 0.1) is 17.8 Å². The molecule has 96 valence electrons. The Labute approximate surface area is 103 Å². The number of nitrogens with two attached hydrogens (primary N) is 1. The average molecular weight is 237 g/mol. The molecule has 5 unspecified atom stereocenters. The summed E-state index contributed by atoms with van der Waals surface area (Å²) < 4.78 is 10.9. The summed E-state index contributed by atoms with van der Waals surface area (Å²) in [5, 5.41) is 0. The Morgan fingerprint density at radius 3 is 2.06 bits per heavy atom. The van der Waals surface area contributed by atoms with Crippen LogP contribution in [0.2, 0.25) is 0 Å². The predicted octanol–water partition coefficient (Wildman–Crippen LogP) is 1.70. The minimum atomic E-state index is 0.00215. The van der Waals surface area contributed by atoms with Gasteiger partial charge >= 0.3 is 0 Å². The maximum atomic E-state index is 6.81. The Balaban J connectivity index is 1.51. The van der Waals surface area contributed by atoms with E-state index in [1.807, 2.05) is 0 Å². The minimum Gasteiger partial charge on any atom is -0.373 e. The first-order valence-corrected chi connectivity index (χ1v) is 7.25. The van der Waals surface area contributed by atoms with E-state index in [0.29, 0.717) is 12.2 Å². The number of ether oxygens (including phenoxy) is 2. The normalized spacial score (nSPS) is 50.3. The van der Waals surface area contributed by atoms with Crippen LogP contribution in [0.3, 0.4) is 0 Å². The zero-order valence-electron chi connectivity index (χ0n) is 10.4. The molecular formula is C14H23NO2. The quantitative estimate of drug-likeness (QED) is 0.740. The second kappa shape index (κ2) is 3.69. The summed E-state index contributed by atoms with van der Waals surface area (Å²) in [6.07, 6.45) is 8.75. The van der Waals surface area contributed by atoms with Crippen molar-refractivity contribution in [2.75, 3.05) is 13.2 Å². The molecule has 5 atom stereocenters. The number of epoxide rings is 2. The van der Waals surface area contributed by atoms with Crippen molar-refractivity contribution in [1.82, 2.24) is 0 Å². The average Bonchev–Trinajstić information content (AvgIpc) is 3.21. The number of hydrogen-bond donors (Lipinski definition) is 1. The van der Waals surface area contributed by atoms with Crippen LogP contribution in [0.5, 0.6) is 0 Å². The summed E-state index contributed by atoms with van der Waals surface area (Å²) in [5.41, 5.74) is 6.81. The van der Waals surface area contributed by atoms with Crippen molar-refractivity contribution in [3.63, 3.8) is 0 Å². The first-order valence-electron chi connectivity index (χ1n) is 7.25. The summed E-state index contributed by atoms with van der Waals surface area (Å²) in [6.45, 7) is 1.87. The molecule has 0 aromatic carbocycles. The van der Waals surface area contributed by atoms with Gasteiger partial charge in [-0.3, -0.25) is 0 Å². The van der Waals surface area contributed by atoms with Crippen molar-refractivity contribution in [3.05, 3.63) is 0 Å². The fraction of sp³-hybridized carbons (Fsp3) is 1.00. The van der Waals surface area contributed by atoms with E-state index >= 15 is 0 Å². The number of fused-ring (bicyclic) bond motifs is 2. The highest BCUT2D eigenvalue weighted by Crippen LogP contribution is 2.54. The molecule has 2 saturated heterocycles. The van der Waals surface area contributed by atoms with E-state index in [1.54, 1.807) is 0 Å². The lowest BCUT2D eigenvalue weighted by Gasteiger charge is -2.40. The summed E-state index contributed by atoms with van der Waals surface area (Å²) in [7, 11) is 0. The lowest BCUT2D eigenvalue weighted by molar-refractivity contribution is 0.141. The molecule has 0 amide bonds. The SMILES string of the molecule is NC(CC1CO1)(CC1CO1)C1CC2CCC1C2. The molecule has 3 heteroatoms. The van der Waals surface area contributed by atoms with Gasteiger partial charge in [-0.15, -0.1) is 0 Å². The van der Waals surface area contributed by atoms with Crippen molar-refractivity contribution >= 4 is 0 Å². The van der Waals surface area contributed by atoms with Crippen LogP contribution in [-0.4, -0.2) is 31.0 Å². The maximum Gasteiger partial charge on any atom is 0.0827 e. The molecule has 4 fully saturated rings. The van der Waals surface area contributed by atoms with Crippen LogP contribution in [0.25, 0.3) is 0 Å². The Morgan fingerprint density at radius 2 is 1.65 bits per heavy atom. The molecule has 2 saturated carbocycles. The first-order chi connectivity index (χ1) is 8.23. The van der Waals surface area contributed by atoms with Gasteiger partial charge in [0.2, 0.25) is 0 Å². The van der Waals surface area contributed by atoms with Gasteiger partial charge in [0.05, 0.1) is 25.4 Å². The van der Waals surface area contributed by atoms with Gasteiger partial charge in [-0.1, -0.05) is 6.42 Å². The van der Waals surface area contributed by atoms with E-state index in [9.17, 15) is 0 Å². The fourth-order valence-corrected chi connectivity index (χ4v) is 4.55. The third kappa shape index (κ3) is 2.02. The largest absolute Gasteiger partial charge is 0.373 e. The fourth-order valence-electron chi connectivity index (χ4n) is 4.55. The molecule has 2 bridgehead atoms. The Morgan fingerprint density at radius 1 is 1.00 bits per heavy atom. The van der Waals surface area contributed by atoms with Gasteiger partial charge in [0.1, 0.15) is 0 Å². The summed E-state index contributed by atoms with van der Waals surface area (Å²) in [4.78, 5) is 0. The van der Waals surface area contributed by atoms with Crippen LogP contribution in [0.1, 0.15) is 38.5 Å². The molecule has 2 aliphatic heterocycles. The predicted molar refractivity (Wildman–Crippen MR) is 64.6 cm³/mol. The zero-order chi connectivity index (χ0) is 11.5. The topological polar surface area (TPSA) is 51.1 Å². The van der Waals surface area contributed by atoms with E-state index in [1.165, 1.54) is 25.7 Å². The van der Waals surface area contributed by atoms with Crippen molar-refractivity contribution in [3.8, 4) is 0 Å². The van der Waals surface area contributed by atoms with Gasteiger partial charge in [-0.25, -0.2) is 0 Å². The summed E-state index contributed by atoms with van der Waals surface area (Å²) >= 11 is 0. The van der Waals surface area contributed by atoms with Gasteiger partial charge in [0, 0.05) is 5.54 Å². The second-order valence-electron chi connectivity index (χ2n) is 6.83. The van der Waals surface area contributed by atoms with Gasteiger partial charge in [-0.05, 0) is 49.9 Å². The van der Waals surface area contributed by atoms with Gasteiger partial charge in [0.15, 0.2) is 0 Å². The van der Waals surface area contributed by atoms with Crippen LogP contribution >= 0.6 is 0 Å². The number of rotatable bonds is 5. The highest BCUT2D eigenvalue weighted by atomic mass is 16.6. The summed E-state index contributed by atoms with van der Waals surface area (Å²) in [5.74, 6) is 2.63. The van der Waals surface area contributed by atoms with Gasteiger partial charge in [0.25, 0.3) is 0 Å². The molecule has 4 rings (SSSR count). The van der Waals surface area contributed by atoms with E-state index in [2.05, 4.69) is 0 Å². The molecule has 0 radical (unpaired) electrons. The smallest absolute Gasteiger partial charge is 0.0827 e. The molecule has 4 aliphatic rings. The van der Waals surface area contributed by atoms with Gasteiger partial charge < -0.3 is 15.2 Å². The standard InChI is InChI=1S/C14H23NO2/c15-14(5-11-7-16-11,6-12-8-17-12)13-4-9-1-2-10(13)3-9/h9-13H,1-8,15H2. The van der Waals surface area contributed by atoms with E-state index in [-0.39, 0.29) is 5.54 Å². The van der Waals surface area contributed by atoms with Crippen molar-refractivity contribution in [2.45, 2.75) is 56.3 Å². The van der Waals surface area contributed by atoms with Crippen LogP contribution < -0.4 is 5.73 Å². The highest BCUT2D eigenvalue weighted by Gasteiger charge is 2.52. The molecule has 0 aromatic rings.